The van der Waals surface area contributed by atoms with Gasteiger partial charge in [-0.2, -0.15) is 17.0 Å². The normalized spacial score (nSPS) is 12.1. The summed E-state index contributed by atoms with van der Waals surface area (Å²) in [6.45, 7) is 3.58. The van der Waals surface area contributed by atoms with Crippen molar-refractivity contribution in [3.8, 4) is 5.75 Å². The lowest BCUT2D eigenvalue weighted by atomic mass is 10.1. The molecule has 2 aromatic rings. The maximum absolute atomic E-state index is 12.3. The molecule has 1 aromatic heterocycles. The molecule has 1 heterocycles. The standard InChI is InChI=1S/C18H25N3O6S/c1-13(2)18-16(19-12-27-18)11-26-15-7-5-14(6-8-15)9-21(10-17(22)23)28(24,25)20(3)4/h5-8,12-13H,9-11H2,1-4H3,(H,22,23). The molecule has 9 nitrogen and oxygen atoms in total. The predicted octanol–water partition coefficient (Wildman–Crippen LogP) is 2.07. The molecule has 0 unspecified atom stereocenters. The summed E-state index contributed by atoms with van der Waals surface area (Å²) in [6.07, 6.45) is 1.39. The lowest BCUT2D eigenvalue weighted by Gasteiger charge is -2.24. The van der Waals surface area contributed by atoms with Crippen LogP contribution in [0.3, 0.4) is 0 Å². The quantitative estimate of drug-likeness (QED) is 0.637. The van der Waals surface area contributed by atoms with Gasteiger partial charge in [0.05, 0.1) is 0 Å². The Balaban J connectivity index is 2.06. The van der Waals surface area contributed by atoms with Crippen LogP contribution < -0.4 is 4.74 Å². The van der Waals surface area contributed by atoms with Gasteiger partial charge in [0, 0.05) is 26.6 Å². The number of carboxylic acid groups (broad SMARTS) is 1. The third-order valence-electron chi connectivity index (χ3n) is 3.95. The first-order chi connectivity index (χ1) is 13.1. The summed E-state index contributed by atoms with van der Waals surface area (Å²) in [7, 11) is -1.14. The highest BCUT2D eigenvalue weighted by atomic mass is 32.2. The number of hydrogen-bond acceptors (Lipinski definition) is 6. The molecule has 0 radical (unpaired) electrons. The summed E-state index contributed by atoms with van der Waals surface area (Å²) in [5.41, 5.74) is 1.37. The second-order valence-corrected chi connectivity index (χ2v) is 8.84. The number of rotatable bonds is 10. The third kappa shape index (κ3) is 5.54. The summed E-state index contributed by atoms with van der Waals surface area (Å²) >= 11 is 0. The zero-order chi connectivity index (χ0) is 20.9. The Labute approximate surface area is 164 Å². The summed E-state index contributed by atoms with van der Waals surface area (Å²) < 4.78 is 37.6. The van der Waals surface area contributed by atoms with E-state index >= 15 is 0 Å². The molecule has 1 aromatic carbocycles. The van der Waals surface area contributed by atoms with Crippen LogP contribution in [-0.4, -0.2) is 53.7 Å². The zero-order valence-electron chi connectivity index (χ0n) is 16.3. The molecule has 154 valence electrons. The summed E-state index contributed by atoms with van der Waals surface area (Å²) in [5, 5.41) is 9.01. The molecular weight excluding hydrogens is 386 g/mol. The maximum Gasteiger partial charge on any atom is 0.318 e. The number of carbonyl (C=O) groups is 1. The van der Waals surface area contributed by atoms with Gasteiger partial charge in [-0.3, -0.25) is 4.79 Å². The van der Waals surface area contributed by atoms with E-state index in [-0.39, 0.29) is 19.1 Å². The zero-order valence-corrected chi connectivity index (χ0v) is 17.1. The molecule has 0 saturated carbocycles. The maximum atomic E-state index is 12.3. The van der Waals surface area contributed by atoms with Crippen molar-refractivity contribution in [3.63, 3.8) is 0 Å². The number of aliphatic carboxylic acids is 1. The lowest BCUT2D eigenvalue weighted by molar-refractivity contribution is -0.137. The molecule has 0 aliphatic rings. The number of nitrogens with zero attached hydrogens (tertiary/aromatic N) is 3. The van der Waals surface area contributed by atoms with Gasteiger partial charge in [-0.25, -0.2) is 4.98 Å². The fraction of sp³-hybridized carbons (Fsp3) is 0.444. The minimum absolute atomic E-state index is 0.0616. The number of benzene rings is 1. The van der Waals surface area contributed by atoms with Crippen LogP contribution in [0.1, 0.15) is 36.8 Å². The second-order valence-electron chi connectivity index (χ2n) is 6.70. The van der Waals surface area contributed by atoms with E-state index < -0.39 is 22.7 Å². The molecule has 28 heavy (non-hydrogen) atoms. The van der Waals surface area contributed by atoms with Crippen molar-refractivity contribution in [3.05, 3.63) is 47.7 Å². The third-order valence-corrected chi connectivity index (χ3v) is 5.79. The number of aromatic nitrogens is 1. The van der Waals surface area contributed by atoms with Crippen LogP contribution in [-0.2, 0) is 28.2 Å². The van der Waals surface area contributed by atoms with Gasteiger partial charge >= 0.3 is 5.97 Å². The molecule has 0 fully saturated rings. The van der Waals surface area contributed by atoms with Gasteiger partial charge in [0.15, 0.2) is 6.39 Å². The highest BCUT2D eigenvalue weighted by Gasteiger charge is 2.26. The van der Waals surface area contributed by atoms with E-state index in [1.54, 1.807) is 24.3 Å². The van der Waals surface area contributed by atoms with E-state index in [1.807, 2.05) is 13.8 Å². The molecule has 0 aliphatic carbocycles. The van der Waals surface area contributed by atoms with Crippen molar-refractivity contribution in [2.24, 2.45) is 0 Å². The molecule has 10 heteroatoms. The highest BCUT2D eigenvalue weighted by Crippen LogP contribution is 2.21. The first-order valence-electron chi connectivity index (χ1n) is 8.64. The topological polar surface area (TPSA) is 113 Å². The molecular formula is C18H25N3O6S. The predicted molar refractivity (Wildman–Crippen MR) is 102 cm³/mol. The van der Waals surface area contributed by atoms with Crippen molar-refractivity contribution in [1.82, 2.24) is 13.6 Å². The molecule has 1 N–H and O–H groups in total. The average molecular weight is 411 g/mol. The minimum Gasteiger partial charge on any atom is -0.487 e. The molecule has 0 bridgehead atoms. The Morgan fingerprint density at radius 3 is 2.43 bits per heavy atom. The van der Waals surface area contributed by atoms with Crippen molar-refractivity contribution in [2.75, 3.05) is 20.6 Å². The van der Waals surface area contributed by atoms with E-state index in [0.29, 0.717) is 11.3 Å². The van der Waals surface area contributed by atoms with Gasteiger partial charge < -0.3 is 14.3 Å². The fourth-order valence-electron chi connectivity index (χ4n) is 2.50. The summed E-state index contributed by atoms with van der Waals surface area (Å²) in [4.78, 5) is 15.2. The fourth-order valence-corrected chi connectivity index (χ4v) is 3.55. The van der Waals surface area contributed by atoms with E-state index in [0.717, 1.165) is 20.1 Å². The minimum atomic E-state index is -3.86. The molecule has 2 rings (SSSR count). The van der Waals surface area contributed by atoms with E-state index in [1.165, 1.54) is 20.5 Å². The van der Waals surface area contributed by atoms with Crippen LogP contribution in [0.25, 0.3) is 0 Å². The van der Waals surface area contributed by atoms with Gasteiger partial charge in [0.25, 0.3) is 10.2 Å². The van der Waals surface area contributed by atoms with Crippen molar-refractivity contribution >= 4 is 16.2 Å². The van der Waals surface area contributed by atoms with Crippen molar-refractivity contribution in [2.45, 2.75) is 32.9 Å². The Morgan fingerprint density at radius 1 is 1.25 bits per heavy atom. The smallest absolute Gasteiger partial charge is 0.318 e. The SMILES string of the molecule is CC(C)c1ocnc1COc1ccc(CN(CC(=O)O)S(=O)(=O)N(C)C)cc1. The van der Waals surface area contributed by atoms with Crippen molar-refractivity contribution < 1.29 is 27.5 Å². The van der Waals surface area contributed by atoms with Gasteiger partial charge in [-0.1, -0.05) is 26.0 Å². The van der Waals surface area contributed by atoms with Gasteiger partial charge in [-0.15, -0.1) is 0 Å². The molecule has 0 aliphatic heterocycles. The molecule has 0 saturated heterocycles. The van der Waals surface area contributed by atoms with Gasteiger partial charge in [0.2, 0.25) is 0 Å². The van der Waals surface area contributed by atoms with Crippen LogP contribution in [0, 0.1) is 0 Å². The summed E-state index contributed by atoms with van der Waals surface area (Å²) in [6, 6.07) is 6.79. The monoisotopic (exact) mass is 411 g/mol. The van der Waals surface area contributed by atoms with Crippen molar-refractivity contribution in [1.29, 1.82) is 0 Å². The number of hydrogen-bond donors (Lipinski definition) is 1. The Morgan fingerprint density at radius 2 is 1.89 bits per heavy atom. The first kappa shape index (κ1) is 21.9. The van der Waals surface area contributed by atoms with Gasteiger partial charge in [-0.05, 0) is 17.7 Å². The van der Waals surface area contributed by atoms with Crippen LogP contribution in [0.2, 0.25) is 0 Å². The highest BCUT2D eigenvalue weighted by molar-refractivity contribution is 7.86. The number of carboxylic acids is 1. The summed E-state index contributed by atoms with van der Waals surface area (Å²) in [5.74, 6) is 0.331. The van der Waals surface area contributed by atoms with Crippen LogP contribution in [0.4, 0.5) is 0 Å². The number of oxazole rings is 1. The second kappa shape index (κ2) is 9.18. The molecule has 0 amide bonds. The molecule has 0 atom stereocenters. The Bertz CT molecular complexity index is 890. The van der Waals surface area contributed by atoms with Crippen LogP contribution >= 0.6 is 0 Å². The lowest BCUT2D eigenvalue weighted by Crippen LogP contribution is -2.42. The number of ether oxygens (including phenoxy) is 1. The average Bonchev–Trinajstić information content (AvgIpc) is 3.09. The molecule has 0 spiro atoms. The largest absolute Gasteiger partial charge is 0.487 e. The van der Waals surface area contributed by atoms with Gasteiger partial charge in [0.1, 0.15) is 30.4 Å². The van der Waals surface area contributed by atoms with E-state index in [2.05, 4.69) is 4.98 Å². The van der Waals surface area contributed by atoms with E-state index in [9.17, 15) is 13.2 Å². The first-order valence-corrected chi connectivity index (χ1v) is 10.0. The Hall–Kier alpha value is -2.43. The van der Waals surface area contributed by atoms with E-state index in [4.69, 9.17) is 14.3 Å². The van der Waals surface area contributed by atoms with Crippen LogP contribution in [0.5, 0.6) is 5.75 Å². The van der Waals surface area contributed by atoms with Crippen LogP contribution in [0.15, 0.2) is 35.1 Å². The Kier molecular flexibility index (Phi) is 7.17.